The van der Waals surface area contributed by atoms with Crippen LogP contribution in [0.3, 0.4) is 0 Å². The Kier molecular flexibility index (Phi) is 8.77. The number of ether oxygens (including phenoxy) is 4. The number of amides is 3. The van der Waals surface area contributed by atoms with Crippen LogP contribution in [-0.4, -0.2) is 46.9 Å². The van der Waals surface area contributed by atoms with Gasteiger partial charge in [0, 0.05) is 24.2 Å². The minimum Gasteiger partial charge on any atom is -0.494 e. The number of urea groups is 1. The molecule has 3 amide bonds. The third kappa shape index (κ3) is 6.57. The van der Waals surface area contributed by atoms with E-state index in [-0.39, 0.29) is 5.91 Å². The quantitative estimate of drug-likeness (QED) is 0.399. The summed E-state index contributed by atoms with van der Waals surface area (Å²) in [6.45, 7) is 0.395. The predicted molar refractivity (Wildman–Crippen MR) is 134 cm³/mol. The highest BCUT2D eigenvalue weighted by Gasteiger charge is 2.16. The van der Waals surface area contributed by atoms with Gasteiger partial charge in [-0.2, -0.15) is 0 Å². The minimum absolute atomic E-state index is 0.292. The van der Waals surface area contributed by atoms with Crippen LogP contribution in [0.25, 0.3) is 0 Å². The molecule has 9 heteroatoms. The van der Waals surface area contributed by atoms with Crippen LogP contribution >= 0.6 is 0 Å². The smallest absolute Gasteiger partial charge is 0.319 e. The van der Waals surface area contributed by atoms with Gasteiger partial charge in [0.25, 0.3) is 5.91 Å². The molecule has 0 aliphatic heterocycles. The number of methoxy groups -OCH3 is 4. The van der Waals surface area contributed by atoms with Crippen molar-refractivity contribution < 1.29 is 28.5 Å². The number of nitrogens with one attached hydrogen (secondary N) is 3. The molecule has 3 rings (SSSR count). The lowest BCUT2D eigenvalue weighted by atomic mass is 10.1. The van der Waals surface area contributed by atoms with Crippen LogP contribution < -0.4 is 34.9 Å². The number of benzene rings is 3. The summed E-state index contributed by atoms with van der Waals surface area (Å²) in [6.07, 6.45) is 0.596. The maximum Gasteiger partial charge on any atom is 0.319 e. The van der Waals surface area contributed by atoms with Crippen molar-refractivity contribution in [2.45, 2.75) is 6.42 Å². The van der Waals surface area contributed by atoms with Gasteiger partial charge in [0.15, 0.2) is 11.5 Å². The third-order valence-corrected chi connectivity index (χ3v) is 5.20. The number of hydrogen-bond donors (Lipinski definition) is 3. The third-order valence-electron chi connectivity index (χ3n) is 5.20. The van der Waals surface area contributed by atoms with E-state index in [1.54, 1.807) is 50.6 Å². The SMILES string of the molecule is COc1cc(NC(=O)c2ccccc2)c(OC)cc1NC(=O)NCCc1ccc(OC)c(OC)c1. The molecular weight excluding hydrogens is 450 g/mol. The number of carbonyl (C=O) groups excluding carboxylic acids is 2. The summed E-state index contributed by atoms with van der Waals surface area (Å²) in [4.78, 5) is 25.1. The summed E-state index contributed by atoms with van der Waals surface area (Å²) < 4.78 is 21.4. The van der Waals surface area contributed by atoms with Crippen LogP contribution in [0.2, 0.25) is 0 Å². The first-order valence-corrected chi connectivity index (χ1v) is 10.9. The van der Waals surface area contributed by atoms with E-state index in [0.29, 0.717) is 52.9 Å². The summed E-state index contributed by atoms with van der Waals surface area (Å²) >= 11 is 0. The first-order valence-electron chi connectivity index (χ1n) is 10.9. The van der Waals surface area contributed by atoms with Gasteiger partial charge in [-0.1, -0.05) is 24.3 Å². The van der Waals surface area contributed by atoms with Gasteiger partial charge < -0.3 is 34.9 Å². The fourth-order valence-electron chi connectivity index (χ4n) is 3.40. The Morgan fingerprint density at radius 2 is 1.29 bits per heavy atom. The monoisotopic (exact) mass is 479 g/mol. The van der Waals surface area contributed by atoms with Gasteiger partial charge in [0.05, 0.1) is 39.8 Å². The average Bonchev–Trinajstić information content (AvgIpc) is 2.89. The van der Waals surface area contributed by atoms with Gasteiger partial charge in [0.2, 0.25) is 0 Å². The summed E-state index contributed by atoms with van der Waals surface area (Å²) in [6, 6.07) is 17.2. The van der Waals surface area contributed by atoms with E-state index in [1.807, 2.05) is 24.3 Å². The Bertz CT molecular complexity index is 1170. The van der Waals surface area contributed by atoms with Crippen LogP contribution in [0.4, 0.5) is 16.2 Å². The highest BCUT2D eigenvalue weighted by molar-refractivity contribution is 6.05. The number of anilines is 2. The van der Waals surface area contributed by atoms with Gasteiger partial charge in [-0.3, -0.25) is 4.79 Å². The molecule has 0 aliphatic rings. The molecule has 0 spiro atoms. The minimum atomic E-state index is -0.410. The van der Waals surface area contributed by atoms with Crippen molar-refractivity contribution >= 4 is 23.3 Å². The van der Waals surface area contributed by atoms with Crippen molar-refractivity contribution in [1.29, 1.82) is 0 Å². The number of carbonyl (C=O) groups is 2. The van der Waals surface area contributed by atoms with Crippen molar-refractivity contribution in [1.82, 2.24) is 5.32 Å². The largest absolute Gasteiger partial charge is 0.494 e. The lowest BCUT2D eigenvalue weighted by Gasteiger charge is -2.16. The highest BCUT2D eigenvalue weighted by Crippen LogP contribution is 2.36. The zero-order valence-corrected chi connectivity index (χ0v) is 20.1. The first-order chi connectivity index (χ1) is 17.0. The zero-order chi connectivity index (χ0) is 25.2. The molecule has 3 aromatic rings. The number of hydrogen-bond acceptors (Lipinski definition) is 6. The fourth-order valence-corrected chi connectivity index (χ4v) is 3.40. The Labute approximate surface area is 204 Å². The van der Waals surface area contributed by atoms with Gasteiger partial charge >= 0.3 is 6.03 Å². The summed E-state index contributed by atoms with van der Waals surface area (Å²) in [5.41, 5.74) is 2.30. The molecule has 0 aromatic heterocycles. The number of rotatable bonds is 10. The van der Waals surface area contributed by atoms with Gasteiger partial charge in [-0.25, -0.2) is 4.79 Å². The predicted octanol–water partition coefficient (Wildman–Crippen LogP) is 4.34. The van der Waals surface area contributed by atoms with Crippen molar-refractivity contribution in [2.75, 3.05) is 45.6 Å². The van der Waals surface area contributed by atoms with Crippen LogP contribution in [0.1, 0.15) is 15.9 Å². The van der Waals surface area contributed by atoms with E-state index >= 15 is 0 Å². The van der Waals surface area contributed by atoms with E-state index in [2.05, 4.69) is 16.0 Å². The molecule has 0 aliphatic carbocycles. The Morgan fingerprint density at radius 1 is 0.686 bits per heavy atom. The van der Waals surface area contributed by atoms with Crippen LogP contribution in [0.15, 0.2) is 60.7 Å². The Hall–Kier alpha value is -4.40. The van der Waals surface area contributed by atoms with Crippen molar-refractivity contribution in [3.63, 3.8) is 0 Å². The molecule has 0 saturated carbocycles. The molecule has 35 heavy (non-hydrogen) atoms. The second-order valence-electron chi connectivity index (χ2n) is 7.39. The summed E-state index contributed by atoms with van der Waals surface area (Å²) in [5.74, 6) is 1.72. The molecule has 0 atom stereocenters. The molecule has 0 radical (unpaired) electrons. The molecule has 9 nitrogen and oxygen atoms in total. The van der Waals surface area contributed by atoms with Crippen LogP contribution in [0.5, 0.6) is 23.0 Å². The second kappa shape index (κ2) is 12.2. The van der Waals surface area contributed by atoms with E-state index in [0.717, 1.165) is 5.56 Å². The van der Waals surface area contributed by atoms with Gasteiger partial charge in [-0.05, 0) is 36.2 Å². The van der Waals surface area contributed by atoms with Crippen LogP contribution in [0, 0.1) is 0 Å². The summed E-state index contributed by atoms with van der Waals surface area (Å²) in [5, 5.41) is 8.39. The molecule has 0 bridgehead atoms. The highest BCUT2D eigenvalue weighted by atomic mass is 16.5. The molecule has 3 N–H and O–H groups in total. The van der Waals surface area contributed by atoms with Crippen molar-refractivity contribution in [3.8, 4) is 23.0 Å². The normalized spacial score (nSPS) is 10.2. The van der Waals surface area contributed by atoms with E-state index in [1.165, 1.54) is 14.2 Å². The molecular formula is C26H29N3O6. The van der Waals surface area contributed by atoms with E-state index in [9.17, 15) is 9.59 Å². The lowest BCUT2D eigenvalue weighted by Crippen LogP contribution is -2.30. The van der Waals surface area contributed by atoms with Crippen molar-refractivity contribution in [2.24, 2.45) is 0 Å². The maximum atomic E-state index is 12.6. The van der Waals surface area contributed by atoms with Gasteiger partial charge in [-0.15, -0.1) is 0 Å². The zero-order valence-electron chi connectivity index (χ0n) is 20.1. The van der Waals surface area contributed by atoms with E-state index in [4.69, 9.17) is 18.9 Å². The van der Waals surface area contributed by atoms with Gasteiger partial charge in [0.1, 0.15) is 11.5 Å². The first kappa shape index (κ1) is 25.2. The second-order valence-corrected chi connectivity index (χ2v) is 7.39. The molecule has 0 fully saturated rings. The standard InChI is InChI=1S/C26H29N3O6/c1-32-21-11-10-17(14-24(21)35-4)12-13-27-26(31)29-20-16-22(33-2)19(15-23(20)34-3)28-25(30)18-8-6-5-7-9-18/h5-11,14-16H,12-13H2,1-4H3,(H,28,30)(H2,27,29,31). The molecule has 184 valence electrons. The average molecular weight is 480 g/mol. The molecule has 3 aromatic carbocycles. The lowest BCUT2D eigenvalue weighted by molar-refractivity contribution is 0.102. The van der Waals surface area contributed by atoms with E-state index < -0.39 is 6.03 Å². The topological polar surface area (TPSA) is 107 Å². The Morgan fingerprint density at radius 3 is 1.89 bits per heavy atom. The summed E-state index contributed by atoms with van der Waals surface area (Å²) in [7, 11) is 6.11. The van der Waals surface area contributed by atoms with Crippen LogP contribution in [-0.2, 0) is 6.42 Å². The fraction of sp³-hybridized carbons (Fsp3) is 0.231. The Balaban J connectivity index is 1.64. The molecule has 0 saturated heterocycles. The maximum absolute atomic E-state index is 12.6. The molecule has 0 heterocycles. The molecule has 0 unspecified atom stereocenters. The van der Waals surface area contributed by atoms with Crippen molar-refractivity contribution in [3.05, 3.63) is 71.8 Å².